The second-order valence-corrected chi connectivity index (χ2v) is 4.28. The molecular weight excluding hydrogens is 232 g/mol. The van der Waals surface area contributed by atoms with Gasteiger partial charge in [-0.25, -0.2) is 14.6 Å². The minimum Gasteiger partial charge on any atom is -0.365 e. The van der Waals surface area contributed by atoms with Crippen molar-refractivity contribution >= 4 is 22.9 Å². The fourth-order valence-corrected chi connectivity index (χ4v) is 1.74. The molecule has 1 N–H and O–H groups in total. The normalized spacial score (nSPS) is 11.2. The molecule has 7 heteroatoms. The zero-order chi connectivity index (χ0) is 13.1. The highest BCUT2D eigenvalue weighted by molar-refractivity contribution is 5.74. The van der Waals surface area contributed by atoms with Crippen LogP contribution in [0, 0.1) is 0 Å². The Bertz CT molecular complexity index is 519. The van der Waals surface area contributed by atoms with Crippen LogP contribution < -0.4 is 10.2 Å². The van der Waals surface area contributed by atoms with Gasteiger partial charge in [0.05, 0.1) is 0 Å². The van der Waals surface area contributed by atoms with Crippen LogP contribution in [0.4, 0.5) is 11.6 Å². The molecule has 0 aliphatic rings. The van der Waals surface area contributed by atoms with E-state index in [0.29, 0.717) is 11.3 Å². The Balaban J connectivity index is 2.51. The number of nitrogens with zero attached hydrogens (tertiary/aromatic N) is 5. The molecule has 0 spiro atoms. The molecule has 0 amide bonds. The third-order valence-corrected chi connectivity index (χ3v) is 2.58. The van der Waals surface area contributed by atoms with Crippen LogP contribution in [0.3, 0.4) is 0 Å². The van der Waals surface area contributed by atoms with Gasteiger partial charge >= 0.3 is 0 Å². The molecule has 2 rings (SSSR count). The van der Waals surface area contributed by atoms with E-state index in [4.69, 9.17) is 0 Å². The Hall–Kier alpha value is -1.92. The summed E-state index contributed by atoms with van der Waals surface area (Å²) < 4.78 is 4.66. The van der Waals surface area contributed by atoms with Gasteiger partial charge < -0.3 is 10.2 Å². The minimum atomic E-state index is 0.269. The van der Waals surface area contributed by atoms with Gasteiger partial charge in [0.25, 0.3) is 0 Å². The molecule has 18 heavy (non-hydrogen) atoms. The van der Waals surface area contributed by atoms with Gasteiger partial charge in [-0.2, -0.15) is 0 Å². The molecule has 0 aliphatic heterocycles. The predicted octanol–water partition coefficient (Wildman–Crippen LogP) is 1.68. The van der Waals surface area contributed by atoms with E-state index < -0.39 is 0 Å². The van der Waals surface area contributed by atoms with Crippen LogP contribution in [-0.2, 0) is 0 Å². The summed E-state index contributed by atoms with van der Waals surface area (Å²) in [6, 6.07) is 0.269. The van der Waals surface area contributed by atoms with Gasteiger partial charge in [-0.15, -0.1) is 0 Å². The second kappa shape index (κ2) is 5.16. The predicted molar refractivity (Wildman–Crippen MR) is 69.7 cm³/mol. The van der Waals surface area contributed by atoms with Crippen LogP contribution >= 0.6 is 0 Å². The maximum absolute atomic E-state index is 4.66. The molecule has 98 valence electrons. The van der Waals surface area contributed by atoms with Gasteiger partial charge in [-0.1, -0.05) is 0 Å². The third kappa shape index (κ3) is 2.34. The van der Waals surface area contributed by atoms with Crippen molar-refractivity contribution in [2.24, 2.45) is 0 Å². The van der Waals surface area contributed by atoms with E-state index in [-0.39, 0.29) is 6.04 Å². The van der Waals surface area contributed by atoms with Gasteiger partial charge in [-0.05, 0) is 38.0 Å². The zero-order valence-electron chi connectivity index (χ0n) is 11.1. The summed E-state index contributed by atoms with van der Waals surface area (Å²) >= 11 is 0. The van der Waals surface area contributed by atoms with Crippen molar-refractivity contribution in [2.75, 3.05) is 23.3 Å². The van der Waals surface area contributed by atoms with Crippen molar-refractivity contribution in [3.63, 3.8) is 0 Å². The molecule has 0 aliphatic carbocycles. The number of rotatable bonds is 5. The van der Waals surface area contributed by atoms with Gasteiger partial charge in [0.15, 0.2) is 11.6 Å². The summed E-state index contributed by atoms with van der Waals surface area (Å²) in [4.78, 5) is 11.0. The SMILES string of the molecule is CCN(CC)c1nc2nonc2nc1NC(C)C. The van der Waals surface area contributed by atoms with E-state index in [1.807, 2.05) is 0 Å². The van der Waals surface area contributed by atoms with E-state index in [9.17, 15) is 0 Å². The van der Waals surface area contributed by atoms with Crippen molar-refractivity contribution in [1.82, 2.24) is 20.3 Å². The lowest BCUT2D eigenvalue weighted by Crippen LogP contribution is -2.26. The molecule has 0 bridgehead atoms. The molecule has 2 aromatic heterocycles. The summed E-state index contributed by atoms with van der Waals surface area (Å²) in [5.74, 6) is 1.51. The molecule has 0 atom stereocenters. The number of hydrogen-bond donors (Lipinski definition) is 1. The van der Waals surface area contributed by atoms with Crippen molar-refractivity contribution in [2.45, 2.75) is 33.7 Å². The Labute approximate surface area is 106 Å². The first-order chi connectivity index (χ1) is 8.65. The van der Waals surface area contributed by atoms with E-state index in [1.165, 1.54) is 0 Å². The lowest BCUT2D eigenvalue weighted by molar-refractivity contribution is 0.314. The molecule has 0 saturated heterocycles. The molecule has 7 nitrogen and oxygen atoms in total. The number of nitrogens with one attached hydrogen (secondary N) is 1. The van der Waals surface area contributed by atoms with Crippen LogP contribution in [0.25, 0.3) is 11.3 Å². The standard InChI is InChI=1S/C11H18N6O/c1-5-17(6-2)11-10(12-7(3)4)13-8-9(14-11)16-18-15-8/h7H,5-6H2,1-4H3,(H,12,13,15). The molecule has 2 aromatic rings. The van der Waals surface area contributed by atoms with Gasteiger partial charge in [0.2, 0.25) is 11.3 Å². The summed E-state index contributed by atoms with van der Waals surface area (Å²) in [5, 5.41) is 10.7. The first-order valence-electron chi connectivity index (χ1n) is 6.17. The second-order valence-electron chi connectivity index (χ2n) is 4.28. The van der Waals surface area contributed by atoms with Crippen molar-refractivity contribution < 1.29 is 4.63 Å². The van der Waals surface area contributed by atoms with Gasteiger partial charge in [-0.3, -0.25) is 0 Å². The number of aromatic nitrogens is 4. The highest BCUT2D eigenvalue weighted by Gasteiger charge is 2.16. The molecule has 0 saturated carbocycles. The first-order valence-corrected chi connectivity index (χ1v) is 6.17. The summed E-state index contributed by atoms with van der Waals surface area (Å²) in [6.45, 7) is 9.98. The Morgan fingerprint density at radius 3 is 2.28 bits per heavy atom. The average Bonchev–Trinajstić information content (AvgIpc) is 2.77. The third-order valence-electron chi connectivity index (χ3n) is 2.58. The molecule has 0 radical (unpaired) electrons. The van der Waals surface area contributed by atoms with E-state index in [0.717, 1.165) is 24.7 Å². The van der Waals surface area contributed by atoms with Crippen LogP contribution in [-0.4, -0.2) is 39.4 Å². The fraction of sp³-hybridized carbons (Fsp3) is 0.636. The molecule has 0 unspecified atom stereocenters. The molecule has 2 heterocycles. The summed E-state index contributed by atoms with van der Waals surface area (Å²) in [5.41, 5.74) is 0.861. The summed E-state index contributed by atoms with van der Waals surface area (Å²) in [6.07, 6.45) is 0. The smallest absolute Gasteiger partial charge is 0.245 e. The fourth-order valence-electron chi connectivity index (χ4n) is 1.74. The van der Waals surface area contributed by atoms with Gasteiger partial charge in [0, 0.05) is 19.1 Å². The van der Waals surface area contributed by atoms with Crippen LogP contribution in [0.2, 0.25) is 0 Å². The molecule has 0 aromatic carbocycles. The Morgan fingerprint density at radius 1 is 1.11 bits per heavy atom. The monoisotopic (exact) mass is 250 g/mol. The van der Waals surface area contributed by atoms with E-state index in [2.05, 4.69) is 62.8 Å². The lowest BCUT2D eigenvalue weighted by atomic mass is 10.3. The number of anilines is 2. The van der Waals surface area contributed by atoms with Gasteiger partial charge in [0.1, 0.15) is 0 Å². The molecule has 0 fully saturated rings. The quantitative estimate of drug-likeness (QED) is 0.864. The molecular formula is C11H18N6O. The van der Waals surface area contributed by atoms with Crippen LogP contribution in [0.5, 0.6) is 0 Å². The highest BCUT2D eigenvalue weighted by Crippen LogP contribution is 2.23. The summed E-state index contributed by atoms with van der Waals surface area (Å²) in [7, 11) is 0. The lowest BCUT2D eigenvalue weighted by Gasteiger charge is -2.22. The Kier molecular flexibility index (Phi) is 3.59. The van der Waals surface area contributed by atoms with E-state index >= 15 is 0 Å². The largest absolute Gasteiger partial charge is 0.365 e. The highest BCUT2D eigenvalue weighted by atomic mass is 16.6. The maximum atomic E-state index is 4.66. The van der Waals surface area contributed by atoms with Crippen LogP contribution in [0.1, 0.15) is 27.7 Å². The topological polar surface area (TPSA) is 80.0 Å². The zero-order valence-corrected chi connectivity index (χ0v) is 11.1. The van der Waals surface area contributed by atoms with Crippen molar-refractivity contribution in [3.8, 4) is 0 Å². The van der Waals surface area contributed by atoms with Crippen molar-refractivity contribution in [1.29, 1.82) is 0 Å². The Morgan fingerprint density at radius 2 is 1.72 bits per heavy atom. The first kappa shape index (κ1) is 12.5. The van der Waals surface area contributed by atoms with Crippen LogP contribution in [0.15, 0.2) is 4.63 Å². The number of fused-ring (bicyclic) bond motifs is 1. The van der Waals surface area contributed by atoms with Crippen molar-refractivity contribution in [3.05, 3.63) is 0 Å². The number of hydrogen-bond acceptors (Lipinski definition) is 7. The average molecular weight is 250 g/mol. The maximum Gasteiger partial charge on any atom is 0.245 e. The minimum absolute atomic E-state index is 0.269. The van der Waals surface area contributed by atoms with E-state index in [1.54, 1.807) is 0 Å².